The van der Waals surface area contributed by atoms with E-state index in [2.05, 4.69) is 26.1 Å². The quantitative estimate of drug-likeness (QED) is 0.714. The summed E-state index contributed by atoms with van der Waals surface area (Å²) in [5.41, 5.74) is 8.33. The van der Waals surface area contributed by atoms with E-state index in [0.29, 0.717) is 6.54 Å². The lowest BCUT2D eigenvalue weighted by molar-refractivity contribution is 0.380. The predicted molar refractivity (Wildman–Crippen MR) is 55.8 cm³/mol. The van der Waals surface area contributed by atoms with Crippen molar-refractivity contribution in [2.45, 2.75) is 45.8 Å². The Balaban J connectivity index is 2.52. The molecule has 0 amide bonds. The largest absolute Gasteiger partial charge is 0.463 e. The molecule has 3 N–H and O–H groups in total. The van der Waals surface area contributed by atoms with Gasteiger partial charge in [0, 0.05) is 29.6 Å². The van der Waals surface area contributed by atoms with Gasteiger partial charge < -0.3 is 15.5 Å². The van der Waals surface area contributed by atoms with Gasteiger partial charge in [-0.25, -0.2) is 0 Å². The molecule has 0 atom stereocenters. The first-order valence-corrected chi connectivity index (χ1v) is 5.08. The number of nitrogens with two attached hydrogens (primary N) is 1. The highest BCUT2D eigenvalue weighted by Crippen LogP contribution is 2.34. The van der Waals surface area contributed by atoms with Crippen LogP contribution in [0.3, 0.4) is 0 Å². The summed E-state index contributed by atoms with van der Waals surface area (Å²) >= 11 is 0. The normalized spacial score (nSPS) is 16.0. The Morgan fingerprint density at radius 1 is 1.36 bits per heavy atom. The average molecular weight is 194 g/mol. The Labute approximate surface area is 84.7 Å². The molecule has 0 fully saturated rings. The second-order valence-corrected chi connectivity index (χ2v) is 4.87. The molecule has 1 aliphatic rings. The first kappa shape index (κ1) is 9.74. The third kappa shape index (κ3) is 1.37. The summed E-state index contributed by atoms with van der Waals surface area (Å²) in [7, 11) is 0. The molecule has 0 spiro atoms. The van der Waals surface area contributed by atoms with Crippen molar-refractivity contribution in [3.05, 3.63) is 22.6 Å². The summed E-state index contributed by atoms with van der Waals surface area (Å²) in [6.07, 6.45) is 0. The summed E-state index contributed by atoms with van der Waals surface area (Å²) in [5.74, 6) is 2.14. The fourth-order valence-corrected chi connectivity index (χ4v) is 2.02. The summed E-state index contributed by atoms with van der Waals surface area (Å²) in [6, 6.07) is 0. The van der Waals surface area contributed by atoms with Crippen LogP contribution in [-0.2, 0) is 25.0 Å². The Morgan fingerprint density at radius 2 is 2.07 bits per heavy atom. The van der Waals surface area contributed by atoms with Crippen LogP contribution in [0.4, 0.5) is 0 Å². The van der Waals surface area contributed by atoms with Crippen molar-refractivity contribution in [2.75, 3.05) is 0 Å². The second-order valence-electron chi connectivity index (χ2n) is 4.87. The molecular weight excluding hydrogens is 176 g/mol. The molecule has 1 aromatic heterocycles. The van der Waals surface area contributed by atoms with E-state index in [0.717, 1.165) is 24.6 Å². The summed E-state index contributed by atoms with van der Waals surface area (Å²) in [6.45, 7) is 8.81. The number of nitrogens with one attached hydrogen (secondary N) is 1. The molecule has 0 saturated heterocycles. The summed E-state index contributed by atoms with van der Waals surface area (Å²) in [4.78, 5) is 0. The molecule has 1 aliphatic heterocycles. The topological polar surface area (TPSA) is 51.2 Å². The number of hydrogen-bond acceptors (Lipinski definition) is 3. The number of furan rings is 1. The molecule has 0 radical (unpaired) electrons. The molecule has 14 heavy (non-hydrogen) atoms. The Hall–Kier alpha value is -0.800. The SMILES string of the molecule is CC(C)(C)c1oc2c(c1CN)CNC2. The van der Waals surface area contributed by atoms with Gasteiger partial charge in [0.25, 0.3) is 0 Å². The zero-order valence-corrected chi connectivity index (χ0v) is 9.11. The molecule has 2 rings (SSSR count). The van der Waals surface area contributed by atoms with E-state index in [9.17, 15) is 0 Å². The van der Waals surface area contributed by atoms with E-state index in [4.69, 9.17) is 10.2 Å². The van der Waals surface area contributed by atoms with Gasteiger partial charge >= 0.3 is 0 Å². The second kappa shape index (κ2) is 3.11. The number of rotatable bonds is 1. The monoisotopic (exact) mass is 194 g/mol. The van der Waals surface area contributed by atoms with Crippen LogP contribution in [0.25, 0.3) is 0 Å². The van der Waals surface area contributed by atoms with E-state index in [1.54, 1.807) is 0 Å². The minimum absolute atomic E-state index is 0.0546. The van der Waals surface area contributed by atoms with Gasteiger partial charge in [0.2, 0.25) is 0 Å². The van der Waals surface area contributed by atoms with Crippen molar-refractivity contribution >= 4 is 0 Å². The summed E-state index contributed by atoms with van der Waals surface area (Å²) < 4.78 is 5.87. The lowest BCUT2D eigenvalue weighted by atomic mass is 9.89. The molecular formula is C11H18N2O. The fourth-order valence-electron chi connectivity index (χ4n) is 2.02. The highest BCUT2D eigenvalue weighted by Gasteiger charge is 2.29. The zero-order valence-electron chi connectivity index (χ0n) is 9.11. The minimum atomic E-state index is 0.0546. The van der Waals surface area contributed by atoms with Crippen LogP contribution in [0, 0.1) is 0 Å². The summed E-state index contributed by atoms with van der Waals surface area (Å²) in [5, 5.41) is 3.27. The molecule has 1 aromatic rings. The molecule has 78 valence electrons. The van der Waals surface area contributed by atoms with Crippen molar-refractivity contribution in [3.8, 4) is 0 Å². The maximum atomic E-state index is 5.87. The van der Waals surface area contributed by atoms with Crippen LogP contribution >= 0.6 is 0 Å². The van der Waals surface area contributed by atoms with Crippen LogP contribution in [0.2, 0.25) is 0 Å². The van der Waals surface area contributed by atoms with Gasteiger partial charge in [-0.15, -0.1) is 0 Å². The van der Waals surface area contributed by atoms with E-state index >= 15 is 0 Å². The van der Waals surface area contributed by atoms with Gasteiger partial charge in [-0.3, -0.25) is 0 Å². The van der Waals surface area contributed by atoms with Crippen molar-refractivity contribution in [3.63, 3.8) is 0 Å². The lowest BCUT2D eigenvalue weighted by Crippen LogP contribution is -2.16. The van der Waals surface area contributed by atoms with E-state index in [1.807, 2.05) is 0 Å². The van der Waals surface area contributed by atoms with E-state index < -0.39 is 0 Å². The first-order chi connectivity index (χ1) is 6.54. The third-order valence-electron chi connectivity index (χ3n) is 2.67. The van der Waals surface area contributed by atoms with Gasteiger partial charge in [-0.05, 0) is 0 Å². The number of fused-ring (bicyclic) bond motifs is 1. The predicted octanol–water partition coefficient (Wildman–Crippen LogP) is 1.64. The molecule has 0 bridgehead atoms. The maximum Gasteiger partial charge on any atom is 0.122 e. The third-order valence-corrected chi connectivity index (χ3v) is 2.67. The molecule has 0 unspecified atom stereocenters. The van der Waals surface area contributed by atoms with E-state index in [1.165, 1.54) is 11.1 Å². The Kier molecular flexibility index (Phi) is 2.16. The van der Waals surface area contributed by atoms with E-state index in [-0.39, 0.29) is 5.41 Å². The number of hydrogen-bond donors (Lipinski definition) is 2. The van der Waals surface area contributed by atoms with Crippen molar-refractivity contribution in [2.24, 2.45) is 5.73 Å². The average Bonchev–Trinajstić information content (AvgIpc) is 2.58. The van der Waals surface area contributed by atoms with Gasteiger partial charge in [-0.1, -0.05) is 20.8 Å². The van der Waals surface area contributed by atoms with Crippen molar-refractivity contribution in [1.29, 1.82) is 0 Å². The van der Waals surface area contributed by atoms with Crippen LogP contribution in [0.5, 0.6) is 0 Å². The highest BCUT2D eigenvalue weighted by molar-refractivity contribution is 5.38. The van der Waals surface area contributed by atoms with Crippen LogP contribution < -0.4 is 11.1 Å². The lowest BCUT2D eigenvalue weighted by Gasteiger charge is -2.17. The van der Waals surface area contributed by atoms with Crippen LogP contribution in [0.15, 0.2) is 4.42 Å². The van der Waals surface area contributed by atoms with Crippen molar-refractivity contribution < 1.29 is 4.42 Å². The highest BCUT2D eigenvalue weighted by atomic mass is 16.3. The van der Waals surface area contributed by atoms with Crippen molar-refractivity contribution in [1.82, 2.24) is 5.32 Å². The standard InChI is InChI=1S/C11H18N2O/c1-11(2,3)10-7(4-12)8-5-13-6-9(8)14-10/h13H,4-6,12H2,1-3H3. The molecule has 0 aromatic carbocycles. The van der Waals surface area contributed by atoms with Crippen LogP contribution in [-0.4, -0.2) is 0 Å². The molecule has 3 nitrogen and oxygen atoms in total. The molecule has 3 heteroatoms. The first-order valence-electron chi connectivity index (χ1n) is 5.08. The van der Waals surface area contributed by atoms with Gasteiger partial charge in [0.05, 0.1) is 6.54 Å². The van der Waals surface area contributed by atoms with Gasteiger partial charge in [0.1, 0.15) is 11.5 Å². The molecule has 0 saturated carbocycles. The smallest absolute Gasteiger partial charge is 0.122 e. The minimum Gasteiger partial charge on any atom is -0.463 e. The molecule has 0 aliphatic carbocycles. The maximum absolute atomic E-state index is 5.87. The fraction of sp³-hybridized carbons (Fsp3) is 0.636. The van der Waals surface area contributed by atoms with Crippen LogP contribution in [0.1, 0.15) is 43.4 Å². The van der Waals surface area contributed by atoms with Gasteiger partial charge in [-0.2, -0.15) is 0 Å². The molecule has 2 heterocycles. The van der Waals surface area contributed by atoms with Gasteiger partial charge in [0.15, 0.2) is 0 Å². The Morgan fingerprint density at radius 3 is 2.64 bits per heavy atom. The zero-order chi connectivity index (χ0) is 10.3. The Bertz CT molecular complexity index is 347.